The number of aromatic nitrogens is 1. The highest BCUT2D eigenvalue weighted by Crippen LogP contribution is 2.39. The van der Waals surface area contributed by atoms with Gasteiger partial charge in [-0.15, -0.1) is 0 Å². The molecular weight excluding hydrogens is 257 g/mol. The third kappa shape index (κ3) is 1.79. The van der Waals surface area contributed by atoms with Crippen molar-refractivity contribution in [3.8, 4) is 0 Å². The van der Waals surface area contributed by atoms with Crippen LogP contribution in [0, 0.1) is 12.7 Å². The van der Waals surface area contributed by atoms with Gasteiger partial charge in [0.05, 0.1) is 11.1 Å². The van der Waals surface area contributed by atoms with E-state index in [0.717, 1.165) is 24.1 Å². The van der Waals surface area contributed by atoms with Crippen LogP contribution < -0.4 is 0 Å². The highest BCUT2D eigenvalue weighted by Gasteiger charge is 2.29. The zero-order valence-corrected chi connectivity index (χ0v) is 11.5. The number of hydrogen-bond acceptors (Lipinski definition) is 2. The van der Waals surface area contributed by atoms with Crippen molar-refractivity contribution < 1.29 is 14.3 Å². The van der Waals surface area contributed by atoms with Gasteiger partial charge >= 0.3 is 5.97 Å². The zero-order chi connectivity index (χ0) is 14.4. The van der Waals surface area contributed by atoms with Crippen LogP contribution >= 0.6 is 0 Å². The number of carboxylic acids is 1. The molecule has 0 saturated heterocycles. The number of rotatable bonds is 2. The molecule has 4 heteroatoms. The van der Waals surface area contributed by atoms with E-state index in [0.29, 0.717) is 28.8 Å². The van der Waals surface area contributed by atoms with Crippen LogP contribution in [0.4, 0.5) is 4.39 Å². The molecule has 20 heavy (non-hydrogen) atoms. The summed E-state index contributed by atoms with van der Waals surface area (Å²) in [5.41, 5.74) is 3.23. The van der Waals surface area contributed by atoms with Crippen LogP contribution in [0.25, 0.3) is 10.9 Å². The molecule has 1 N–H and O–H groups in total. The molecule has 0 radical (unpaired) electrons. The maximum Gasteiger partial charge on any atom is 0.336 e. The molecule has 0 bridgehead atoms. The van der Waals surface area contributed by atoms with Gasteiger partial charge in [-0.3, -0.25) is 4.98 Å². The Hall–Kier alpha value is -1.97. The lowest BCUT2D eigenvalue weighted by Crippen LogP contribution is -2.07. The Morgan fingerprint density at radius 2 is 2.25 bits per heavy atom. The van der Waals surface area contributed by atoms with Gasteiger partial charge in [0.1, 0.15) is 5.82 Å². The number of halogens is 1. The SMILES string of the molecule is CCC1CCc2c1nc1c(C)cc(F)cc1c2C(=O)O. The Morgan fingerprint density at radius 3 is 2.90 bits per heavy atom. The number of carboxylic acid groups (broad SMARTS) is 1. The second-order valence-electron chi connectivity index (χ2n) is 5.42. The Labute approximate surface area is 116 Å². The maximum absolute atomic E-state index is 13.6. The van der Waals surface area contributed by atoms with Gasteiger partial charge < -0.3 is 5.11 Å². The molecule has 104 valence electrons. The molecule has 1 aromatic heterocycles. The van der Waals surface area contributed by atoms with E-state index in [2.05, 4.69) is 11.9 Å². The van der Waals surface area contributed by atoms with Crippen LogP contribution in [-0.4, -0.2) is 16.1 Å². The summed E-state index contributed by atoms with van der Waals surface area (Å²) in [6.45, 7) is 3.86. The minimum atomic E-state index is -0.990. The predicted molar refractivity (Wildman–Crippen MR) is 74.8 cm³/mol. The average Bonchev–Trinajstić information content (AvgIpc) is 2.78. The highest BCUT2D eigenvalue weighted by atomic mass is 19.1. The molecule has 0 saturated carbocycles. The second-order valence-corrected chi connectivity index (χ2v) is 5.42. The molecule has 0 aliphatic heterocycles. The summed E-state index contributed by atoms with van der Waals surface area (Å²) in [7, 11) is 0. The third-order valence-corrected chi connectivity index (χ3v) is 4.21. The summed E-state index contributed by atoms with van der Waals surface area (Å²) in [6, 6.07) is 2.70. The molecule has 0 fully saturated rings. The lowest BCUT2D eigenvalue weighted by atomic mass is 9.97. The van der Waals surface area contributed by atoms with Gasteiger partial charge in [0, 0.05) is 17.0 Å². The number of aromatic carboxylic acids is 1. The van der Waals surface area contributed by atoms with Crippen molar-refractivity contribution in [3.05, 3.63) is 40.3 Å². The molecule has 2 aromatic rings. The minimum Gasteiger partial charge on any atom is -0.478 e. The zero-order valence-electron chi connectivity index (χ0n) is 11.5. The van der Waals surface area contributed by atoms with Crippen LogP contribution in [0.5, 0.6) is 0 Å². The Balaban J connectivity index is 2.44. The molecule has 1 heterocycles. The molecule has 0 amide bonds. The number of aryl methyl sites for hydroxylation is 1. The Morgan fingerprint density at radius 1 is 1.50 bits per heavy atom. The van der Waals surface area contributed by atoms with E-state index in [-0.39, 0.29) is 5.56 Å². The highest BCUT2D eigenvalue weighted by molar-refractivity contribution is 6.05. The van der Waals surface area contributed by atoms with Crippen LogP contribution in [0.15, 0.2) is 12.1 Å². The van der Waals surface area contributed by atoms with Gasteiger partial charge in [-0.25, -0.2) is 9.18 Å². The molecule has 3 nitrogen and oxygen atoms in total. The monoisotopic (exact) mass is 273 g/mol. The number of nitrogens with zero attached hydrogens (tertiary/aromatic N) is 1. The van der Waals surface area contributed by atoms with Crippen molar-refractivity contribution in [2.24, 2.45) is 0 Å². The summed E-state index contributed by atoms with van der Waals surface area (Å²) in [6.07, 6.45) is 2.59. The fourth-order valence-corrected chi connectivity index (χ4v) is 3.24. The fraction of sp³-hybridized carbons (Fsp3) is 0.375. The van der Waals surface area contributed by atoms with Crippen molar-refractivity contribution in [3.63, 3.8) is 0 Å². The topological polar surface area (TPSA) is 50.2 Å². The van der Waals surface area contributed by atoms with Crippen molar-refractivity contribution in [1.29, 1.82) is 0 Å². The smallest absolute Gasteiger partial charge is 0.336 e. The molecule has 1 unspecified atom stereocenters. The molecule has 0 spiro atoms. The number of fused-ring (bicyclic) bond motifs is 2. The molecule has 1 aliphatic rings. The second kappa shape index (κ2) is 4.54. The fourth-order valence-electron chi connectivity index (χ4n) is 3.24. The standard InChI is InChI=1S/C16H16FNO2/c1-3-9-4-5-11-13(16(19)20)12-7-10(17)6-8(2)14(12)18-15(9)11/h6-7,9H,3-5H2,1-2H3,(H,19,20). The van der Waals surface area contributed by atoms with Crippen molar-refractivity contribution in [2.45, 2.75) is 39.0 Å². The van der Waals surface area contributed by atoms with Gasteiger partial charge in [-0.1, -0.05) is 6.92 Å². The van der Waals surface area contributed by atoms with Crippen LogP contribution in [0.3, 0.4) is 0 Å². The van der Waals surface area contributed by atoms with E-state index in [1.807, 2.05) is 0 Å². The van der Waals surface area contributed by atoms with Crippen molar-refractivity contribution >= 4 is 16.9 Å². The maximum atomic E-state index is 13.6. The molecule has 3 rings (SSSR count). The van der Waals surface area contributed by atoms with Crippen LogP contribution in [-0.2, 0) is 6.42 Å². The summed E-state index contributed by atoms with van der Waals surface area (Å²) in [5, 5.41) is 9.96. The Bertz CT molecular complexity index is 724. The first kappa shape index (κ1) is 13.0. The van der Waals surface area contributed by atoms with Gasteiger partial charge in [-0.05, 0) is 49.4 Å². The van der Waals surface area contributed by atoms with E-state index >= 15 is 0 Å². The predicted octanol–water partition coefficient (Wildman–Crippen LogP) is 3.82. The lowest BCUT2D eigenvalue weighted by molar-refractivity contribution is 0.0698. The van der Waals surface area contributed by atoms with Gasteiger partial charge in [0.15, 0.2) is 0 Å². The van der Waals surface area contributed by atoms with E-state index in [1.54, 1.807) is 6.92 Å². The van der Waals surface area contributed by atoms with Gasteiger partial charge in [0.25, 0.3) is 0 Å². The summed E-state index contributed by atoms with van der Waals surface area (Å²) in [4.78, 5) is 16.3. The number of benzene rings is 1. The van der Waals surface area contributed by atoms with Crippen molar-refractivity contribution in [1.82, 2.24) is 4.98 Å². The van der Waals surface area contributed by atoms with Crippen LogP contribution in [0.1, 0.15) is 52.9 Å². The first-order valence-corrected chi connectivity index (χ1v) is 6.88. The number of hydrogen-bond donors (Lipinski definition) is 1. The summed E-state index contributed by atoms with van der Waals surface area (Å²) in [5.74, 6) is -1.09. The first-order valence-electron chi connectivity index (χ1n) is 6.88. The molecule has 1 aliphatic carbocycles. The number of pyridine rings is 1. The van der Waals surface area contributed by atoms with Crippen molar-refractivity contribution in [2.75, 3.05) is 0 Å². The lowest BCUT2D eigenvalue weighted by Gasteiger charge is -2.13. The van der Waals surface area contributed by atoms with E-state index in [1.165, 1.54) is 12.1 Å². The molecule has 1 atom stereocenters. The third-order valence-electron chi connectivity index (χ3n) is 4.21. The quantitative estimate of drug-likeness (QED) is 0.905. The summed E-state index contributed by atoms with van der Waals surface area (Å²) >= 11 is 0. The minimum absolute atomic E-state index is 0.239. The molecule has 1 aromatic carbocycles. The van der Waals surface area contributed by atoms with E-state index in [9.17, 15) is 14.3 Å². The number of carbonyl (C=O) groups is 1. The Kier molecular flexibility index (Phi) is 2.96. The first-order chi connectivity index (χ1) is 9.52. The normalized spacial score (nSPS) is 17.4. The van der Waals surface area contributed by atoms with Crippen LogP contribution in [0.2, 0.25) is 0 Å². The average molecular weight is 273 g/mol. The van der Waals surface area contributed by atoms with Gasteiger partial charge in [0.2, 0.25) is 0 Å². The molecular formula is C16H16FNO2. The van der Waals surface area contributed by atoms with E-state index in [4.69, 9.17) is 0 Å². The van der Waals surface area contributed by atoms with Gasteiger partial charge in [-0.2, -0.15) is 0 Å². The largest absolute Gasteiger partial charge is 0.478 e. The van der Waals surface area contributed by atoms with E-state index < -0.39 is 11.8 Å². The summed E-state index contributed by atoms with van der Waals surface area (Å²) < 4.78 is 13.6.